The van der Waals surface area contributed by atoms with Crippen LogP contribution < -0.4 is 14.8 Å². The molecule has 0 saturated carbocycles. The smallest absolute Gasteiger partial charge is 0.305 e. The van der Waals surface area contributed by atoms with Gasteiger partial charge in [-0.15, -0.1) is 0 Å². The van der Waals surface area contributed by atoms with Gasteiger partial charge in [0, 0.05) is 24.6 Å². The van der Waals surface area contributed by atoms with Crippen molar-refractivity contribution < 1.29 is 19.0 Å². The Balaban J connectivity index is 2.60. The normalized spacial score (nSPS) is 10.2. The van der Waals surface area contributed by atoms with E-state index in [4.69, 9.17) is 9.47 Å². The number of benzene rings is 1. The first-order valence-electron chi connectivity index (χ1n) is 7.31. The summed E-state index contributed by atoms with van der Waals surface area (Å²) in [5, 5.41) is 3.11. The molecule has 5 heteroatoms. The second kappa shape index (κ2) is 10.0. The predicted molar refractivity (Wildman–Crippen MR) is 81.7 cm³/mol. The van der Waals surface area contributed by atoms with Crippen molar-refractivity contribution in [3.63, 3.8) is 0 Å². The molecular formula is C16H25NO4. The number of hydrogen-bond acceptors (Lipinski definition) is 5. The zero-order chi connectivity index (χ0) is 15.5. The van der Waals surface area contributed by atoms with Crippen LogP contribution in [0.4, 0.5) is 0 Å². The summed E-state index contributed by atoms with van der Waals surface area (Å²) < 4.78 is 16.0. The highest BCUT2D eigenvalue weighted by Crippen LogP contribution is 2.25. The third-order valence-electron chi connectivity index (χ3n) is 2.89. The van der Waals surface area contributed by atoms with Crippen molar-refractivity contribution >= 4 is 5.97 Å². The fourth-order valence-corrected chi connectivity index (χ4v) is 1.82. The molecule has 0 atom stereocenters. The van der Waals surface area contributed by atoms with Gasteiger partial charge in [0.1, 0.15) is 11.5 Å². The molecular weight excluding hydrogens is 270 g/mol. The van der Waals surface area contributed by atoms with Crippen molar-refractivity contribution in [2.45, 2.75) is 32.7 Å². The Hall–Kier alpha value is -1.75. The third kappa shape index (κ3) is 6.49. The summed E-state index contributed by atoms with van der Waals surface area (Å²) in [7, 11) is 3.28. The van der Waals surface area contributed by atoms with Crippen LogP contribution in [-0.2, 0) is 16.1 Å². The molecule has 0 saturated heterocycles. The zero-order valence-corrected chi connectivity index (χ0v) is 13.1. The lowest BCUT2D eigenvalue weighted by Gasteiger charge is -2.13. The standard InChI is InChI=1S/C16H25NO4/c1-4-9-20-14-8-7-13(12-17-2)15(11-14)21-10-5-6-16(18)19-3/h7-8,11,17H,4-6,9-10,12H2,1-3H3. The summed E-state index contributed by atoms with van der Waals surface area (Å²) in [6.07, 6.45) is 1.96. The Morgan fingerprint density at radius 1 is 1.24 bits per heavy atom. The molecule has 0 aliphatic heterocycles. The molecule has 0 spiro atoms. The Labute approximate surface area is 126 Å². The number of rotatable bonds is 10. The number of ether oxygens (including phenoxy) is 3. The van der Waals surface area contributed by atoms with Gasteiger partial charge in [0.25, 0.3) is 0 Å². The Bertz CT molecular complexity index is 434. The summed E-state index contributed by atoms with van der Waals surface area (Å²) in [5.74, 6) is 1.39. The molecule has 5 nitrogen and oxygen atoms in total. The Morgan fingerprint density at radius 2 is 2.05 bits per heavy atom. The first-order chi connectivity index (χ1) is 10.2. The SMILES string of the molecule is CCCOc1ccc(CNC)c(OCCCC(=O)OC)c1. The van der Waals surface area contributed by atoms with Crippen LogP contribution in [0.5, 0.6) is 11.5 Å². The van der Waals surface area contributed by atoms with E-state index < -0.39 is 0 Å². The summed E-state index contributed by atoms with van der Waals surface area (Å²) in [6, 6.07) is 5.85. The fraction of sp³-hybridized carbons (Fsp3) is 0.562. The highest BCUT2D eigenvalue weighted by molar-refractivity contribution is 5.69. The van der Waals surface area contributed by atoms with E-state index in [0.717, 1.165) is 30.0 Å². The average molecular weight is 295 g/mol. The van der Waals surface area contributed by atoms with E-state index in [9.17, 15) is 4.79 Å². The summed E-state index contributed by atoms with van der Waals surface area (Å²) in [4.78, 5) is 11.1. The van der Waals surface area contributed by atoms with Crippen molar-refractivity contribution in [3.8, 4) is 11.5 Å². The van der Waals surface area contributed by atoms with Gasteiger partial charge in [-0.1, -0.05) is 13.0 Å². The molecule has 1 aromatic carbocycles. The molecule has 0 aromatic heterocycles. The van der Waals surface area contributed by atoms with Gasteiger partial charge >= 0.3 is 5.97 Å². The topological polar surface area (TPSA) is 56.8 Å². The van der Waals surface area contributed by atoms with E-state index >= 15 is 0 Å². The van der Waals surface area contributed by atoms with Crippen LogP contribution >= 0.6 is 0 Å². The third-order valence-corrected chi connectivity index (χ3v) is 2.89. The molecule has 21 heavy (non-hydrogen) atoms. The average Bonchev–Trinajstić information content (AvgIpc) is 2.51. The minimum atomic E-state index is -0.214. The Kier molecular flexibility index (Phi) is 8.28. The number of carbonyl (C=O) groups excluding carboxylic acids is 1. The van der Waals surface area contributed by atoms with E-state index in [0.29, 0.717) is 26.1 Å². The molecule has 1 aromatic rings. The fourth-order valence-electron chi connectivity index (χ4n) is 1.82. The Morgan fingerprint density at radius 3 is 2.71 bits per heavy atom. The monoisotopic (exact) mass is 295 g/mol. The van der Waals surface area contributed by atoms with Crippen molar-refractivity contribution in [1.82, 2.24) is 5.32 Å². The van der Waals surface area contributed by atoms with Gasteiger partial charge in [-0.25, -0.2) is 0 Å². The lowest BCUT2D eigenvalue weighted by atomic mass is 10.2. The molecule has 1 rings (SSSR count). The second-order valence-corrected chi connectivity index (χ2v) is 4.68. The molecule has 0 unspecified atom stereocenters. The summed E-state index contributed by atoms with van der Waals surface area (Å²) >= 11 is 0. The van der Waals surface area contributed by atoms with Crippen molar-refractivity contribution in [1.29, 1.82) is 0 Å². The van der Waals surface area contributed by atoms with Crippen LogP contribution in [0.1, 0.15) is 31.7 Å². The quantitative estimate of drug-likeness (QED) is 0.531. The zero-order valence-electron chi connectivity index (χ0n) is 13.1. The minimum absolute atomic E-state index is 0.214. The van der Waals surface area contributed by atoms with Gasteiger partial charge in [-0.05, 0) is 26.0 Å². The number of nitrogens with one attached hydrogen (secondary N) is 1. The van der Waals surface area contributed by atoms with E-state index in [-0.39, 0.29) is 5.97 Å². The highest BCUT2D eigenvalue weighted by atomic mass is 16.5. The molecule has 0 aliphatic rings. The lowest BCUT2D eigenvalue weighted by Crippen LogP contribution is -2.09. The van der Waals surface area contributed by atoms with Crippen LogP contribution in [0.3, 0.4) is 0 Å². The molecule has 0 heterocycles. The van der Waals surface area contributed by atoms with E-state index in [2.05, 4.69) is 17.0 Å². The van der Waals surface area contributed by atoms with Crippen LogP contribution in [0.25, 0.3) is 0 Å². The van der Waals surface area contributed by atoms with E-state index in [1.807, 2.05) is 25.2 Å². The van der Waals surface area contributed by atoms with Gasteiger partial charge < -0.3 is 19.5 Å². The minimum Gasteiger partial charge on any atom is -0.493 e. The molecule has 118 valence electrons. The maximum atomic E-state index is 11.1. The van der Waals surface area contributed by atoms with Crippen LogP contribution in [0, 0.1) is 0 Å². The van der Waals surface area contributed by atoms with E-state index in [1.165, 1.54) is 7.11 Å². The van der Waals surface area contributed by atoms with Gasteiger partial charge in [0.2, 0.25) is 0 Å². The largest absolute Gasteiger partial charge is 0.493 e. The molecule has 0 aliphatic carbocycles. The maximum absolute atomic E-state index is 11.1. The molecule has 0 fully saturated rings. The second-order valence-electron chi connectivity index (χ2n) is 4.68. The van der Waals surface area contributed by atoms with Gasteiger partial charge in [0.05, 0.1) is 20.3 Å². The highest BCUT2D eigenvalue weighted by Gasteiger charge is 2.07. The molecule has 0 amide bonds. The van der Waals surface area contributed by atoms with Crippen molar-refractivity contribution in [3.05, 3.63) is 23.8 Å². The predicted octanol–water partition coefficient (Wildman–Crippen LogP) is 2.53. The van der Waals surface area contributed by atoms with Gasteiger partial charge in [0.15, 0.2) is 0 Å². The van der Waals surface area contributed by atoms with Crippen molar-refractivity contribution in [2.24, 2.45) is 0 Å². The number of methoxy groups -OCH3 is 1. The van der Waals surface area contributed by atoms with Crippen LogP contribution in [0.2, 0.25) is 0 Å². The summed E-state index contributed by atoms with van der Waals surface area (Å²) in [6.45, 7) is 3.95. The number of carbonyl (C=O) groups is 1. The number of esters is 1. The molecule has 0 bridgehead atoms. The molecule has 0 radical (unpaired) electrons. The van der Waals surface area contributed by atoms with Crippen LogP contribution in [-0.4, -0.2) is 33.3 Å². The van der Waals surface area contributed by atoms with E-state index in [1.54, 1.807) is 0 Å². The first-order valence-corrected chi connectivity index (χ1v) is 7.31. The van der Waals surface area contributed by atoms with Gasteiger partial charge in [-0.2, -0.15) is 0 Å². The summed E-state index contributed by atoms with van der Waals surface area (Å²) in [5.41, 5.74) is 1.07. The maximum Gasteiger partial charge on any atom is 0.305 e. The lowest BCUT2D eigenvalue weighted by molar-refractivity contribution is -0.140. The number of hydrogen-bond donors (Lipinski definition) is 1. The van der Waals surface area contributed by atoms with Gasteiger partial charge in [-0.3, -0.25) is 4.79 Å². The molecule has 1 N–H and O–H groups in total. The first kappa shape index (κ1) is 17.3. The van der Waals surface area contributed by atoms with Crippen LogP contribution in [0.15, 0.2) is 18.2 Å². The van der Waals surface area contributed by atoms with Crippen molar-refractivity contribution in [2.75, 3.05) is 27.4 Å².